The average Bonchev–Trinajstić information content (AvgIpc) is 2.14. The van der Waals surface area contributed by atoms with Crippen LogP contribution >= 0.6 is 0 Å². The molecule has 0 aromatic carbocycles. The van der Waals surface area contributed by atoms with Gasteiger partial charge in [-0.1, -0.05) is 26.3 Å². The predicted octanol–water partition coefficient (Wildman–Crippen LogP) is 1.21. The van der Waals surface area contributed by atoms with Gasteiger partial charge in [-0.05, 0) is 6.92 Å². The van der Waals surface area contributed by atoms with E-state index in [2.05, 4.69) is 17.8 Å². The molecule has 0 aliphatic heterocycles. The molecule has 0 bridgehead atoms. The van der Waals surface area contributed by atoms with E-state index in [0.29, 0.717) is 0 Å². The third kappa shape index (κ3) is 4.68. The minimum absolute atomic E-state index is 0.0715. The number of terminal acetylenes is 1. The van der Waals surface area contributed by atoms with Crippen molar-refractivity contribution in [2.75, 3.05) is 0 Å². The highest BCUT2D eigenvalue weighted by Crippen LogP contribution is 2.21. The minimum Gasteiger partial charge on any atom is -0.368 e. The smallest absolute Gasteiger partial charge is 0.154 e. The summed E-state index contributed by atoms with van der Waals surface area (Å²) in [5.74, 6) is 2.05. The van der Waals surface area contributed by atoms with E-state index >= 15 is 0 Å². The van der Waals surface area contributed by atoms with Crippen molar-refractivity contribution in [3.63, 3.8) is 0 Å². The lowest BCUT2D eigenvalue weighted by molar-refractivity contribution is -0.0889. The molecular formula is C12H19NO2. The zero-order valence-corrected chi connectivity index (χ0v) is 9.49. The normalized spacial score (nSPS) is 15.7. The summed E-state index contributed by atoms with van der Waals surface area (Å²) >= 11 is 0. The Morgan fingerprint density at radius 2 is 2.00 bits per heavy atom. The first-order chi connectivity index (χ1) is 6.90. The quantitative estimate of drug-likeness (QED) is 0.471. The molecule has 0 aliphatic rings. The topological polar surface area (TPSA) is 52.5 Å². The Morgan fingerprint density at radius 1 is 1.47 bits per heavy atom. The highest BCUT2D eigenvalue weighted by molar-refractivity contribution is 5.21. The maximum absolute atomic E-state index is 9.07. The van der Waals surface area contributed by atoms with Crippen molar-refractivity contribution < 1.29 is 10.2 Å². The molecule has 2 atom stereocenters. The summed E-state index contributed by atoms with van der Waals surface area (Å²) in [6.45, 7) is 9.16. The Balaban J connectivity index is 4.72. The lowest BCUT2D eigenvalue weighted by Crippen LogP contribution is -2.29. The molecular weight excluding hydrogens is 190 g/mol. The number of aliphatic hydroxyl groups excluding tert-OH is 1. The van der Waals surface area contributed by atoms with Gasteiger partial charge in [0, 0.05) is 29.3 Å². The third-order valence-electron chi connectivity index (χ3n) is 2.35. The van der Waals surface area contributed by atoms with Crippen LogP contribution < -0.4 is 5.32 Å². The summed E-state index contributed by atoms with van der Waals surface area (Å²) < 4.78 is 0. The van der Waals surface area contributed by atoms with Crippen molar-refractivity contribution in [2.24, 2.45) is 11.8 Å². The zero-order chi connectivity index (χ0) is 12.0. The van der Waals surface area contributed by atoms with Crippen molar-refractivity contribution in [2.45, 2.75) is 27.1 Å². The van der Waals surface area contributed by atoms with Crippen LogP contribution in [-0.4, -0.2) is 16.5 Å². The molecule has 0 saturated carbocycles. The summed E-state index contributed by atoms with van der Waals surface area (Å²) in [7, 11) is 0. The van der Waals surface area contributed by atoms with Crippen LogP contribution in [0.4, 0.5) is 0 Å². The van der Waals surface area contributed by atoms with Crippen molar-refractivity contribution >= 4 is 0 Å². The van der Waals surface area contributed by atoms with Gasteiger partial charge in [0.2, 0.25) is 0 Å². The van der Waals surface area contributed by atoms with E-state index in [0.717, 1.165) is 11.4 Å². The van der Waals surface area contributed by atoms with Crippen molar-refractivity contribution in [1.82, 2.24) is 5.32 Å². The van der Waals surface area contributed by atoms with Gasteiger partial charge in [0.1, 0.15) is 0 Å². The summed E-state index contributed by atoms with van der Waals surface area (Å²) in [5, 5.41) is 21.2. The van der Waals surface area contributed by atoms with Gasteiger partial charge < -0.3 is 15.5 Å². The average molecular weight is 209 g/mol. The van der Waals surface area contributed by atoms with E-state index in [-0.39, 0.29) is 11.8 Å². The van der Waals surface area contributed by atoms with Gasteiger partial charge in [0.05, 0.1) is 0 Å². The Kier molecular flexibility index (Phi) is 5.76. The van der Waals surface area contributed by atoms with Crippen molar-refractivity contribution in [1.29, 1.82) is 0 Å². The Labute approximate surface area is 91.5 Å². The number of hydrogen-bond acceptors (Lipinski definition) is 3. The van der Waals surface area contributed by atoms with Crippen molar-refractivity contribution in [3.05, 3.63) is 24.0 Å². The minimum atomic E-state index is -1.35. The molecule has 0 aromatic rings. The molecule has 0 saturated heterocycles. The van der Waals surface area contributed by atoms with E-state index in [9.17, 15) is 0 Å². The molecule has 3 heteroatoms. The van der Waals surface area contributed by atoms with Crippen molar-refractivity contribution in [3.8, 4) is 12.3 Å². The van der Waals surface area contributed by atoms with Crippen LogP contribution in [0.15, 0.2) is 24.0 Å². The molecule has 0 aliphatic carbocycles. The summed E-state index contributed by atoms with van der Waals surface area (Å²) in [5.41, 5.74) is 1.54. The summed E-state index contributed by atoms with van der Waals surface area (Å²) in [4.78, 5) is 0. The molecule has 0 heterocycles. The molecule has 0 spiro atoms. The second-order valence-corrected chi connectivity index (χ2v) is 3.73. The van der Waals surface area contributed by atoms with Gasteiger partial charge >= 0.3 is 0 Å². The highest BCUT2D eigenvalue weighted by atomic mass is 16.5. The standard InChI is InChI=1S/C12H19NO2/c1-6-7-11(13-8(2)3)9(4)10(5)12(14)15/h1,7,9-10,12-15H,2H2,3-5H3/b11-7-/t9?,10-/m0/s1. The molecule has 1 unspecified atom stereocenters. The SMILES string of the molecule is C#C/C=C(\NC(=C)C)C(C)[C@H](C)C(O)O. The van der Waals surface area contributed by atoms with Crippen LogP contribution in [0.2, 0.25) is 0 Å². The molecule has 84 valence electrons. The van der Waals surface area contributed by atoms with E-state index in [1.165, 1.54) is 0 Å². The lowest BCUT2D eigenvalue weighted by Gasteiger charge is -2.24. The Bertz CT molecular complexity index is 286. The first-order valence-corrected chi connectivity index (χ1v) is 4.85. The van der Waals surface area contributed by atoms with Crippen LogP contribution in [0.1, 0.15) is 20.8 Å². The van der Waals surface area contributed by atoms with Gasteiger partial charge in [-0.25, -0.2) is 0 Å². The zero-order valence-electron chi connectivity index (χ0n) is 9.49. The van der Waals surface area contributed by atoms with Gasteiger partial charge in [-0.3, -0.25) is 0 Å². The lowest BCUT2D eigenvalue weighted by atomic mass is 9.91. The third-order valence-corrected chi connectivity index (χ3v) is 2.35. The molecule has 3 N–H and O–H groups in total. The summed E-state index contributed by atoms with van der Waals surface area (Å²) in [6.07, 6.45) is 5.43. The van der Waals surface area contributed by atoms with Crippen LogP contribution in [0.5, 0.6) is 0 Å². The predicted molar refractivity (Wildman–Crippen MR) is 61.4 cm³/mol. The highest BCUT2D eigenvalue weighted by Gasteiger charge is 2.21. The molecule has 0 rings (SSSR count). The number of hydrogen-bond donors (Lipinski definition) is 3. The Hall–Kier alpha value is -1.24. The fraction of sp³-hybridized carbons (Fsp3) is 0.500. The molecule has 15 heavy (non-hydrogen) atoms. The second-order valence-electron chi connectivity index (χ2n) is 3.73. The van der Waals surface area contributed by atoms with Gasteiger partial charge in [0.15, 0.2) is 6.29 Å². The number of aliphatic hydroxyl groups is 2. The molecule has 3 nitrogen and oxygen atoms in total. The van der Waals surface area contributed by atoms with Crippen LogP contribution in [0, 0.1) is 24.2 Å². The van der Waals surface area contributed by atoms with Crippen LogP contribution in [0.25, 0.3) is 0 Å². The van der Waals surface area contributed by atoms with Crippen LogP contribution in [-0.2, 0) is 0 Å². The summed E-state index contributed by atoms with van der Waals surface area (Å²) in [6, 6.07) is 0. The van der Waals surface area contributed by atoms with Crippen LogP contribution in [0.3, 0.4) is 0 Å². The van der Waals surface area contributed by atoms with Gasteiger partial charge in [-0.2, -0.15) is 0 Å². The largest absolute Gasteiger partial charge is 0.368 e. The number of rotatable bonds is 5. The fourth-order valence-electron chi connectivity index (χ4n) is 1.16. The van der Waals surface area contributed by atoms with E-state index in [4.69, 9.17) is 16.6 Å². The molecule has 0 amide bonds. The fourth-order valence-corrected chi connectivity index (χ4v) is 1.16. The van der Waals surface area contributed by atoms with Gasteiger partial charge in [-0.15, -0.1) is 6.42 Å². The number of nitrogens with one attached hydrogen (secondary N) is 1. The maximum atomic E-state index is 9.07. The van der Waals surface area contributed by atoms with Gasteiger partial charge in [0.25, 0.3) is 0 Å². The molecule has 0 fully saturated rings. The molecule has 0 radical (unpaired) electrons. The number of allylic oxidation sites excluding steroid dienone is 3. The monoisotopic (exact) mass is 209 g/mol. The molecule has 0 aromatic heterocycles. The maximum Gasteiger partial charge on any atom is 0.154 e. The first-order valence-electron chi connectivity index (χ1n) is 4.85. The second kappa shape index (κ2) is 6.28. The Morgan fingerprint density at radius 3 is 2.33 bits per heavy atom. The van der Waals surface area contributed by atoms with E-state index in [1.54, 1.807) is 13.0 Å². The van der Waals surface area contributed by atoms with E-state index in [1.807, 2.05) is 13.8 Å². The first kappa shape index (κ1) is 13.8. The van der Waals surface area contributed by atoms with E-state index < -0.39 is 6.29 Å².